The van der Waals surface area contributed by atoms with Gasteiger partial charge in [0.2, 0.25) is 0 Å². The maximum Gasteiger partial charge on any atom is 0.180 e. The van der Waals surface area contributed by atoms with Gasteiger partial charge < -0.3 is 10.4 Å². The van der Waals surface area contributed by atoms with E-state index in [9.17, 15) is 5.11 Å². The molecule has 1 aliphatic carbocycles. The van der Waals surface area contributed by atoms with Crippen LogP contribution in [0.25, 0.3) is 5.65 Å². The maximum absolute atomic E-state index is 9.51. The quantitative estimate of drug-likeness (QED) is 0.779. The van der Waals surface area contributed by atoms with E-state index >= 15 is 0 Å². The van der Waals surface area contributed by atoms with Gasteiger partial charge in [-0.05, 0) is 30.9 Å². The lowest BCUT2D eigenvalue weighted by molar-refractivity contribution is 0.275. The van der Waals surface area contributed by atoms with Crippen molar-refractivity contribution in [3.63, 3.8) is 0 Å². The number of nitrogens with one attached hydrogen (secondary N) is 1. The molecule has 0 spiro atoms. The molecular weight excluding hydrogens is 276 g/mol. The second kappa shape index (κ2) is 5.10. The van der Waals surface area contributed by atoms with Gasteiger partial charge in [-0.3, -0.25) is 4.40 Å². The van der Waals surface area contributed by atoms with Crippen LogP contribution in [-0.2, 0) is 13.0 Å². The van der Waals surface area contributed by atoms with Gasteiger partial charge >= 0.3 is 0 Å². The van der Waals surface area contributed by atoms with E-state index in [1.54, 1.807) is 6.20 Å². The first-order valence-electron chi connectivity index (χ1n) is 7.55. The van der Waals surface area contributed by atoms with E-state index in [2.05, 4.69) is 39.6 Å². The van der Waals surface area contributed by atoms with E-state index in [0.29, 0.717) is 0 Å². The van der Waals surface area contributed by atoms with Gasteiger partial charge in [0.25, 0.3) is 0 Å². The molecule has 3 aromatic rings. The molecule has 112 valence electrons. The van der Waals surface area contributed by atoms with Gasteiger partial charge in [-0.2, -0.15) is 0 Å². The Morgan fingerprint density at radius 2 is 2.23 bits per heavy atom. The van der Waals surface area contributed by atoms with Crippen LogP contribution in [0.3, 0.4) is 0 Å². The molecule has 5 nitrogen and oxygen atoms in total. The zero-order valence-electron chi connectivity index (χ0n) is 12.5. The predicted octanol–water partition coefficient (Wildman–Crippen LogP) is 2.63. The number of nitrogens with zero attached hydrogens (tertiary/aromatic N) is 3. The fourth-order valence-electron chi connectivity index (χ4n) is 3.30. The van der Waals surface area contributed by atoms with E-state index < -0.39 is 0 Å². The third-order valence-electron chi connectivity index (χ3n) is 4.43. The number of aryl methyl sites for hydroxylation is 2. The highest BCUT2D eigenvalue weighted by Gasteiger charge is 2.23. The average Bonchev–Trinajstić information content (AvgIpc) is 3.08. The molecule has 1 atom stereocenters. The van der Waals surface area contributed by atoms with Crippen LogP contribution in [0.15, 0.2) is 36.7 Å². The molecule has 4 rings (SSSR count). The number of fused-ring (bicyclic) bond motifs is 2. The molecule has 5 heteroatoms. The van der Waals surface area contributed by atoms with Crippen molar-refractivity contribution in [2.24, 2.45) is 0 Å². The number of imidazole rings is 1. The largest absolute Gasteiger partial charge is 0.390 e. The maximum atomic E-state index is 9.51. The summed E-state index contributed by atoms with van der Waals surface area (Å²) in [6.07, 6.45) is 5.74. The van der Waals surface area contributed by atoms with Crippen LogP contribution in [0.4, 0.5) is 5.82 Å². The molecule has 2 heterocycles. The number of hydrogen-bond donors (Lipinski definition) is 2. The molecule has 0 saturated heterocycles. The minimum Gasteiger partial charge on any atom is -0.390 e. The van der Waals surface area contributed by atoms with E-state index in [-0.39, 0.29) is 12.6 Å². The summed E-state index contributed by atoms with van der Waals surface area (Å²) in [5.74, 6) is 0.770. The van der Waals surface area contributed by atoms with Crippen molar-refractivity contribution in [1.82, 2.24) is 14.4 Å². The fraction of sp³-hybridized carbons (Fsp3) is 0.294. The summed E-state index contributed by atoms with van der Waals surface area (Å²) >= 11 is 0. The van der Waals surface area contributed by atoms with Crippen LogP contribution >= 0.6 is 0 Å². The van der Waals surface area contributed by atoms with Crippen molar-refractivity contribution in [3.05, 3.63) is 59.2 Å². The summed E-state index contributed by atoms with van der Waals surface area (Å²) in [5.41, 5.74) is 5.17. The third-order valence-corrected chi connectivity index (χ3v) is 4.43. The third kappa shape index (κ3) is 1.97. The van der Waals surface area contributed by atoms with Gasteiger partial charge in [0.1, 0.15) is 0 Å². The molecule has 0 fully saturated rings. The zero-order chi connectivity index (χ0) is 15.1. The standard InChI is InChI=1S/C17H18N4O/c1-11-15(10-22)21-9-8-18-16(17(21)19-11)20-14-7-6-12-4-2-3-5-13(12)14/h2-5,8-9,14,22H,6-7,10H2,1H3,(H,18,20). The van der Waals surface area contributed by atoms with Crippen LogP contribution in [0.1, 0.15) is 35.0 Å². The van der Waals surface area contributed by atoms with Crippen molar-refractivity contribution in [2.75, 3.05) is 5.32 Å². The van der Waals surface area contributed by atoms with Crippen LogP contribution < -0.4 is 5.32 Å². The smallest absolute Gasteiger partial charge is 0.180 e. The Balaban J connectivity index is 1.74. The molecule has 1 aromatic carbocycles. The summed E-state index contributed by atoms with van der Waals surface area (Å²) in [7, 11) is 0. The fourth-order valence-corrected chi connectivity index (χ4v) is 3.30. The van der Waals surface area contributed by atoms with E-state index in [1.165, 1.54) is 11.1 Å². The normalized spacial score (nSPS) is 16.9. The summed E-state index contributed by atoms with van der Waals surface area (Å²) in [4.78, 5) is 9.02. The molecular formula is C17H18N4O. The summed E-state index contributed by atoms with van der Waals surface area (Å²) in [6, 6.07) is 8.80. The highest BCUT2D eigenvalue weighted by molar-refractivity contribution is 5.65. The van der Waals surface area contributed by atoms with Gasteiger partial charge in [-0.15, -0.1) is 0 Å². The molecule has 2 N–H and O–H groups in total. The molecule has 0 saturated carbocycles. The lowest BCUT2D eigenvalue weighted by Gasteiger charge is -2.15. The summed E-state index contributed by atoms with van der Waals surface area (Å²) < 4.78 is 1.91. The van der Waals surface area contributed by atoms with Crippen LogP contribution in [0.2, 0.25) is 0 Å². The Hall–Kier alpha value is -2.40. The van der Waals surface area contributed by atoms with Crippen molar-refractivity contribution in [3.8, 4) is 0 Å². The van der Waals surface area contributed by atoms with Gasteiger partial charge in [-0.25, -0.2) is 9.97 Å². The average molecular weight is 294 g/mol. The SMILES string of the molecule is Cc1nc2c(NC3CCc4ccccc43)nccn2c1CO. The lowest BCUT2D eigenvalue weighted by Crippen LogP contribution is -2.10. The van der Waals surface area contributed by atoms with Crippen LogP contribution in [-0.4, -0.2) is 19.5 Å². The van der Waals surface area contributed by atoms with Crippen molar-refractivity contribution < 1.29 is 5.11 Å². The number of aromatic nitrogens is 3. The first-order chi connectivity index (χ1) is 10.8. The van der Waals surface area contributed by atoms with Crippen LogP contribution in [0.5, 0.6) is 0 Å². The summed E-state index contributed by atoms with van der Waals surface area (Å²) in [5, 5.41) is 13.0. The lowest BCUT2D eigenvalue weighted by atomic mass is 10.1. The number of hydrogen-bond acceptors (Lipinski definition) is 4. The highest BCUT2D eigenvalue weighted by Crippen LogP contribution is 2.34. The monoisotopic (exact) mass is 294 g/mol. The number of rotatable bonds is 3. The van der Waals surface area contributed by atoms with Gasteiger partial charge in [0.05, 0.1) is 24.0 Å². The van der Waals surface area contributed by atoms with Crippen LogP contribution in [0, 0.1) is 6.92 Å². The number of aliphatic hydroxyl groups excluding tert-OH is 1. The Bertz CT molecular complexity index is 840. The Morgan fingerprint density at radius 3 is 3.09 bits per heavy atom. The minimum atomic E-state index is -0.0251. The minimum absolute atomic E-state index is 0.0251. The number of anilines is 1. The topological polar surface area (TPSA) is 62.5 Å². The van der Waals surface area contributed by atoms with E-state index in [1.807, 2.05) is 17.5 Å². The molecule has 0 aliphatic heterocycles. The predicted molar refractivity (Wildman–Crippen MR) is 84.8 cm³/mol. The van der Waals surface area contributed by atoms with Crippen molar-refractivity contribution in [1.29, 1.82) is 0 Å². The number of aliphatic hydroxyl groups is 1. The second-order valence-corrected chi connectivity index (χ2v) is 5.71. The highest BCUT2D eigenvalue weighted by atomic mass is 16.3. The zero-order valence-corrected chi connectivity index (χ0v) is 12.5. The molecule has 0 amide bonds. The van der Waals surface area contributed by atoms with E-state index in [4.69, 9.17) is 0 Å². The first-order valence-corrected chi connectivity index (χ1v) is 7.55. The molecule has 0 radical (unpaired) electrons. The van der Waals surface area contributed by atoms with Gasteiger partial charge in [-0.1, -0.05) is 24.3 Å². The molecule has 1 unspecified atom stereocenters. The first kappa shape index (κ1) is 13.3. The van der Waals surface area contributed by atoms with Crippen molar-refractivity contribution >= 4 is 11.5 Å². The summed E-state index contributed by atoms with van der Waals surface area (Å²) in [6.45, 7) is 1.88. The van der Waals surface area contributed by atoms with Gasteiger partial charge in [0.15, 0.2) is 11.5 Å². The second-order valence-electron chi connectivity index (χ2n) is 5.71. The number of benzene rings is 1. The Morgan fingerprint density at radius 1 is 1.36 bits per heavy atom. The van der Waals surface area contributed by atoms with Gasteiger partial charge in [0, 0.05) is 12.4 Å². The molecule has 0 bridgehead atoms. The molecule has 1 aliphatic rings. The Kier molecular flexibility index (Phi) is 3.08. The molecule has 22 heavy (non-hydrogen) atoms. The van der Waals surface area contributed by atoms with Crippen molar-refractivity contribution in [2.45, 2.75) is 32.4 Å². The van der Waals surface area contributed by atoms with E-state index in [0.717, 1.165) is 35.7 Å². The molecule has 2 aromatic heterocycles. The Labute approximate surface area is 128 Å².